The Morgan fingerprint density at radius 1 is 0.875 bits per heavy atom. The third-order valence-electron chi connectivity index (χ3n) is 1.79. The van der Waals surface area contributed by atoms with Crippen LogP contribution in [0, 0.1) is 0 Å². The van der Waals surface area contributed by atoms with Crippen LogP contribution in [0.4, 0.5) is 0 Å². The van der Waals surface area contributed by atoms with Crippen LogP contribution >= 0.6 is 0 Å². The van der Waals surface area contributed by atoms with Crippen LogP contribution < -0.4 is 0 Å². The summed E-state index contributed by atoms with van der Waals surface area (Å²) in [5.41, 5.74) is 0. The second-order valence-electron chi connectivity index (χ2n) is 4.79. The molecule has 0 aliphatic heterocycles. The van der Waals surface area contributed by atoms with Gasteiger partial charge in [0.05, 0.1) is 0 Å². The zero-order chi connectivity index (χ0) is 7.02. The summed E-state index contributed by atoms with van der Waals surface area (Å²) >= 11 is -2.13. The van der Waals surface area contributed by atoms with Gasteiger partial charge in [-0.15, -0.1) is 0 Å². The van der Waals surface area contributed by atoms with E-state index in [1.165, 1.54) is 0 Å². The van der Waals surface area contributed by atoms with E-state index in [1.54, 1.807) is 0 Å². The van der Waals surface area contributed by atoms with E-state index in [0.29, 0.717) is 0 Å². The van der Waals surface area contributed by atoms with Crippen molar-refractivity contribution in [2.45, 2.75) is 18.5 Å². The Labute approximate surface area is 54.6 Å². The van der Waals surface area contributed by atoms with E-state index < -0.39 is 19.1 Å². The van der Waals surface area contributed by atoms with Crippen molar-refractivity contribution < 1.29 is 19.1 Å². The van der Waals surface area contributed by atoms with E-state index >= 15 is 0 Å². The summed E-state index contributed by atoms with van der Waals surface area (Å²) in [6.45, 7) is 0. The molecule has 0 aliphatic carbocycles. The van der Waals surface area contributed by atoms with Gasteiger partial charge in [0.15, 0.2) is 0 Å². The topological polar surface area (TPSA) is 3.24 Å². The first-order valence-electron chi connectivity index (χ1n) is 3.12. The molecule has 0 heterocycles. The predicted molar refractivity (Wildman–Crippen MR) is 37.1 cm³/mol. The van der Waals surface area contributed by atoms with Gasteiger partial charge in [-0.3, -0.25) is 0 Å². The minimum absolute atomic E-state index is 2.13. The van der Waals surface area contributed by atoms with Gasteiger partial charge in [0, 0.05) is 0 Å². The molecule has 8 heavy (non-hydrogen) atoms. The number of hydrogen-bond acceptors (Lipinski definition) is 1. The van der Waals surface area contributed by atoms with Crippen LogP contribution in [-0.4, -0.2) is 16.9 Å². The molecule has 0 saturated carbocycles. The van der Waals surface area contributed by atoms with Crippen molar-refractivity contribution in [3.63, 3.8) is 0 Å². The molecular weight excluding hydrogens is 177 g/mol. The number of hydrogen-bond donors (Lipinski definition) is 0. The van der Waals surface area contributed by atoms with Gasteiger partial charge in [0.2, 0.25) is 0 Å². The van der Waals surface area contributed by atoms with Gasteiger partial charge >= 0.3 is 54.5 Å². The molecule has 0 aromatic rings. The van der Waals surface area contributed by atoms with Crippen molar-refractivity contribution in [1.29, 1.82) is 0 Å². The standard InChI is InChI=1S/C2H6N.4CH3.Zr/c1-3-2;;;;;/h1-2H3;4*1H3;/q-1;;;;;+1. The minimum atomic E-state index is -2.13. The van der Waals surface area contributed by atoms with Gasteiger partial charge in [-0.05, 0) is 0 Å². The second kappa shape index (κ2) is 1.92. The third kappa shape index (κ3) is 2.99. The van der Waals surface area contributed by atoms with Crippen LogP contribution in [0.1, 0.15) is 0 Å². The molecule has 0 aliphatic rings. The molecule has 0 fully saturated rings. The average Bonchev–Trinajstić information content (AvgIpc) is 1.27. The van der Waals surface area contributed by atoms with Crippen molar-refractivity contribution >= 4 is 0 Å². The van der Waals surface area contributed by atoms with Crippen molar-refractivity contribution in [3.05, 3.63) is 0 Å². The predicted octanol–water partition coefficient (Wildman–Crippen LogP) is 2.35. The van der Waals surface area contributed by atoms with Crippen LogP contribution in [0.5, 0.6) is 0 Å². The Bertz CT molecular complexity index is 79.2. The van der Waals surface area contributed by atoms with Crippen LogP contribution in [0.3, 0.4) is 0 Å². The maximum atomic E-state index is 2.42. The summed E-state index contributed by atoms with van der Waals surface area (Å²) in [6.07, 6.45) is 0. The van der Waals surface area contributed by atoms with Gasteiger partial charge in [-0.25, -0.2) is 0 Å². The summed E-state index contributed by atoms with van der Waals surface area (Å²) in [6, 6.07) is 0. The zero-order valence-corrected chi connectivity index (χ0v) is 9.41. The van der Waals surface area contributed by atoms with E-state index in [0.717, 1.165) is 0 Å². The first-order valence-corrected chi connectivity index (χ1v) is 14.0. The first-order chi connectivity index (χ1) is 3.20. The molecule has 0 N–H and O–H groups in total. The Balaban J connectivity index is 4.14. The van der Waals surface area contributed by atoms with Crippen LogP contribution in [0.25, 0.3) is 0 Å². The molecule has 0 saturated heterocycles. The summed E-state index contributed by atoms with van der Waals surface area (Å²) in [5, 5.41) is 0. The zero-order valence-electron chi connectivity index (χ0n) is 6.95. The molecule has 0 spiro atoms. The van der Waals surface area contributed by atoms with Gasteiger partial charge in [0.25, 0.3) is 0 Å². The quantitative estimate of drug-likeness (QED) is 0.621. The summed E-state index contributed by atoms with van der Waals surface area (Å²) in [5.74, 6) is 0. The molecule has 0 atom stereocenters. The number of rotatable bonds is 1. The molecule has 0 amide bonds. The van der Waals surface area contributed by atoms with Crippen LogP contribution in [-0.2, 0) is 19.1 Å². The molecule has 0 aromatic carbocycles. The van der Waals surface area contributed by atoms with Gasteiger partial charge < -0.3 is 0 Å². The van der Waals surface area contributed by atoms with Gasteiger partial charge in [0.1, 0.15) is 0 Å². The average molecular weight is 195 g/mol. The first kappa shape index (κ1) is 8.84. The molecule has 51 valence electrons. The van der Waals surface area contributed by atoms with E-state index in [2.05, 4.69) is 35.5 Å². The molecule has 0 bridgehead atoms. The molecule has 0 aromatic heterocycles. The fraction of sp³-hybridized carbons (Fsp3) is 1.00. The summed E-state index contributed by atoms with van der Waals surface area (Å²) in [7, 11) is 4.37. The van der Waals surface area contributed by atoms with Crippen molar-refractivity contribution in [2.75, 3.05) is 14.1 Å². The van der Waals surface area contributed by atoms with Gasteiger partial charge in [-0.2, -0.15) is 0 Å². The van der Waals surface area contributed by atoms with Crippen LogP contribution in [0.15, 0.2) is 0 Å². The van der Waals surface area contributed by atoms with Crippen molar-refractivity contribution in [2.24, 2.45) is 0 Å². The molecule has 0 unspecified atom stereocenters. The van der Waals surface area contributed by atoms with E-state index in [-0.39, 0.29) is 0 Å². The summed E-state index contributed by atoms with van der Waals surface area (Å²) < 4.78 is 12.1. The molecule has 0 radical (unpaired) electrons. The van der Waals surface area contributed by atoms with E-state index in [4.69, 9.17) is 0 Å². The Kier molecular flexibility index (Phi) is 2.12. The summed E-state index contributed by atoms with van der Waals surface area (Å²) in [4.78, 5) is 0. The normalized spacial score (nSPS) is 18.1. The molecule has 2 heteroatoms. The molecule has 1 nitrogen and oxygen atoms in total. The van der Waals surface area contributed by atoms with Gasteiger partial charge in [-0.1, -0.05) is 0 Å². The Morgan fingerprint density at radius 3 is 1.00 bits per heavy atom. The monoisotopic (exact) mass is 194 g/mol. The van der Waals surface area contributed by atoms with E-state index in [1.807, 2.05) is 0 Å². The molecule has 0 rings (SSSR count). The number of nitrogens with zero attached hydrogens (tertiary/aromatic N) is 1. The fourth-order valence-electron chi connectivity index (χ4n) is 0. The Morgan fingerprint density at radius 2 is 1.00 bits per heavy atom. The third-order valence-corrected chi connectivity index (χ3v) is 10.6. The van der Waals surface area contributed by atoms with Crippen LogP contribution in [0.2, 0.25) is 18.5 Å². The Hall–Kier alpha value is 0.843. The van der Waals surface area contributed by atoms with Crippen molar-refractivity contribution in [1.82, 2.24) is 2.84 Å². The van der Waals surface area contributed by atoms with Crippen molar-refractivity contribution in [3.8, 4) is 0 Å². The fourth-order valence-corrected chi connectivity index (χ4v) is 0. The second-order valence-corrected chi connectivity index (χ2v) is 26.1. The SMILES string of the molecule is C[N](C)[Zr]([CH3])([CH3])([CH3])[CH3]. The molecular formula is C6H18NZr. The maximum absolute atomic E-state index is 2.42. The van der Waals surface area contributed by atoms with E-state index in [9.17, 15) is 0 Å².